The van der Waals surface area contributed by atoms with Crippen LogP contribution in [-0.4, -0.2) is 26.2 Å². The fourth-order valence-electron chi connectivity index (χ4n) is 2.71. The summed E-state index contributed by atoms with van der Waals surface area (Å²) in [5.74, 6) is 1.62. The molecule has 94 valence electrons. The summed E-state index contributed by atoms with van der Waals surface area (Å²) in [7, 11) is 1.73. The molecule has 1 fully saturated rings. The molecule has 0 radical (unpaired) electrons. The van der Waals surface area contributed by atoms with Crippen molar-refractivity contribution in [2.75, 3.05) is 26.2 Å². The Morgan fingerprint density at radius 2 is 2.06 bits per heavy atom. The van der Waals surface area contributed by atoms with Crippen molar-refractivity contribution in [1.82, 2.24) is 0 Å². The molecule has 0 amide bonds. The molecule has 0 unspecified atom stereocenters. The van der Waals surface area contributed by atoms with Gasteiger partial charge in [0.1, 0.15) is 5.75 Å². The number of alkyl halides is 1. The minimum absolute atomic E-state index is 0.0604. The summed E-state index contributed by atoms with van der Waals surface area (Å²) in [6.45, 7) is 5.73. The van der Waals surface area contributed by atoms with E-state index < -0.39 is 0 Å². The van der Waals surface area contributed by atoms with E-state index in [0.717, 1.165) is 25.4 Å². The summed E-state index contributed by atoms with van der Waals surface area (Å²) in [6.07, 6.45) is 0.939. The van der Waals surface area contributed by atoms with E-state index in [0.29, 0.717) is 5.88 Å². The fourth-order valence-corrected chi connectivity index (χ4v) is 3.07. The van der Waals surface area contributed by atoms with Gasteiger partial charge in [0.25, 0.3) is 0 Å². The van der Waals surface area contributed by atoms with Crippen LogP contribution in [0.5, 0.6) is 5.75 Å². The molecule has 2 rings (SSSR count). The zero-order valence-electron chi connectivity index (χ0n) is 10.7. The van der Waals surface area contributed by atoms with E-state index in [4.69, 9.17) is 21.1 Å². The fraction of sp³-hybridized carbons (Fsp3) is 0.571. The summed E-state index contributed by atoms with van der Waals surface area (Å²) in [5, 5.41) is 0. The van der Waals surface area contributed by atoms with Crippen molar-refractivity contribution in [2.24, 2.45) is 0 Å². The number of methoxy groups -OCH3 is 1. The lowest BCUT2D eigenvalue weighted by Gasteiger charge is -2.43. The number of aryl methyl sites for hydroxylation is 2. The first kappa shape index (κ1) is 12.7. The molecule has 0 N–H and O–H groups in total. The van der Waals surface area contributed by atoms with Gasteiger partial charge in [-0.2, -0.15) is 0 Å². The topological polar surface area (TPSA) is 18.5 Å². The second-order valence-corrected chi connectivity index (χ2v) is 5.25. The van der Waals surface area contributed by atoms with Crippen LogP contribution >= 0.6 is 11.6 Å². The Hall–Kier alpha value is -0.730. The largest absolute Gasteiger partial charge is 0.496 e. The van der Waals surface area contributed by atoms with Crippen LogP contribution in [0.15, 0.2) is 12.1 Å². The molecule has 1 saturated heterocycles. The predicted molar refractivity (Wildman–Crippen MR) is 70.3 cm³/mol. The van der Waals surface area contributed by atoms with Gasteiger partial charge in [-0.05, 0) is 37.5 Å². The normalized spacial score (nSPS) is 17.6. The van der Waals surface area contributed by atoms with Crippen LogP contribution in [0.4, 0.5) is 0 Å². The van der Waals surface area contributed by atoms with Gasteiger partial charge in [-0.25, -0.2) is 0 Å². The van der Waals surface area contributed by atoms with Gasteiger partial charge in [0.15, 0.2) is 0 Å². The number of hydrogen-bond acceptors (Lipinski definition) is 2. The van der Waals surface area contributed by atoms with E-state index in [1.807, 2.05) is 0 Å². The molecule has 1 heterocycles. The van der Waals surface area contributed by atoms with Crippen molar-refractivity contribution >= 4 is 11.6 Å². The van der Waals surface area contributed by atoms with E-state index in [1.54, 1.807) is 7.11 Å². The maximum Gasteiger partial charge on any atom is 0.123 e. The zero-order chi connectivity index (χ0) is 12.5. The Bertz CT molecular complexity index is 411. The Labute approximate surface area is 108 Å². The van der Waals surface area contributed by atoms with Crippen molar-refractivity contribution < 1.29 is 9.47 Å². The molecule has 0 bridgehead atoms. The molecule has 1 aliphatic heterocycles. The van der Waals surface area contributed by atoms with E-state index in [1.165, 1.54) is 16.7 Å². The molecule has 0 aliphatic carbocycles. The third-order valence-corrected chi connectivity index (χ3v) is 3.71. The van der Waals surface area contributed by atoms with Crippen molar-refractivity contribution in [3.63, 3.8) is 0 Å². The molecular weight excluding hydrogens is 236 g/mol. The molecule has 1 aliphatic rings. The van der Waals surface area contributed by atoms with Crippen LogP contribution < -0.4 is 4.74 Å². The van der Waals surface area contributed by atoms with Crippen molar-refractivity contribution in [2.45, 2.75) is 25.7 Å². The average molecular weight is 255 g/mol. The minimum Gasteiger partial charge on any atom is -0.496 e. The van der Waals surface area contributed by atoms with Crippen LogP contribution in [0.25, 0.3) is 0 Å². The lowest BCUT2D eigenvalue weighted by atomic mass is 9.73. The van der Waals surface area contributed by atoms with Gasteiger partial charge in [-0.3, -0.25) is 0 Å². The van der Waals surface area contributed by atoms with E-state index in [2.05, 4.69) is 26.0 Å². The molecule has 0 atom stereocenters. The first-order valence-corrected chi connectivity index (χ1v) is 6.46. The second-order valence-electron chi connectivity index (χ2n) is 4.87. The van der Waals surface area contributed by atoms with Crippen LogP contribution in [0.1, 0.15) is 23.1 Å². The first-order valence-electron chi connectivity index (χ1n) is 5.92. The molecule has 17 heavy (non-hydrogen) atoms. The van der Waals surface area contributed by atoms with Gasteiger partial charge >= 0.3 is 0 Å². The van der Waals surface area contributed by atoms with Gasteiger partial charge in [-0.15, -0.1) is 11.6 Å². The van der Waals surface area contributed by atoms with Crippen LogP contribution in [0.2, 0.25) is 0 Å². The second kappa shape index (κ2) is 4.87. The lowest BCUT2D eigenvalue weighted by molar-refractivity contribution is -0.0627. The van der Waals surface area contributed by atoms with Gasteiger partial charge in [0, 0.05) is 16.9 Å². The zero-order valence-corrected chi connectivity index (χ0v) is 11.4. The van der Waals surface area contributed by atoms with Crippen LogP contribution in [0.3, 0.4) is 0 Å². The summed E-state index contributed by atoms with van der Waals surface area (Å²) in [5.41, 5.74) is 3.84. The predicted octanol–water partition coefficient (Wildman–Crippen LogP) is 3.21. The molecule has 1 aromatic carbocycles. The summed E-state index contributed by atoms with van der Waals surface area (Å²) in [6, 6.07) is 4.29. The maximum absolute atomic E-state index is 5.93. The molecule has 0 aromatic heterocycles. The Balaban J connectivity index is 2.49. The van der Waals surface area contributed by atoms with Gasteiger partial charge in [-0.1, -0.05) is 6.07 Å². The summed E-state index contributed by atoms with van der Waals surface area (Å²) < 4.78 is 11.0. The number of hydrogen-bond donors (Lipinski definition) is 0. The Morgan fingerprint density at radius 3 is 2.53 bits per heavy atom. The maximum atomic E-state index is 5.93. The van der Waals surface area contributed by atoms with Crippen LogP contribution in [-0.2, 0) is 10.2 Å². The SMILES string of the molecule is COc1cc(C)cc(C)c1C1(CCCl)COC1. The minimum atomic E-state index is 0.0604. The van der Waals surface area contributed by atoms with Crippen molar-refractivity contribution in [3.8, 4) is 5.75 Å². The number of rotatable bonds is 4. The summed E-state index contributed by atoms with van der Waals surface area (Å²) in [4.78, 5) is 0. The van der Waals surface area contributed by atoms with E-state index in [-0.39, 0.29) is 5.41 Å². The van der Waals surface area contributed by atoms with Crippen molar-refractivity contribution in [1.29, 1.82) is 0 Å². The lowest BCUT2D eigenvalue weighted by Crippen LogP contribution is -2.47. The molecule has 2 nitrogen and oxygen atoms in total. The number of benzene rings is 1. The molecule has 3 heteroatoms. The third kappa shape index (κ3) is 2.16. The molecular formula is C14H19ClO2. The Kier molecular flexibility index (Phi) is 3.64. The quantitative estimate of drug-likeness (QED) is 0.769. The molecule has 0 saturated carbocycles. The molecule has 0 spiro atoms. The van der Waals surface area contributed by atoms with Gasteiger partial charge in [0.2, 0.25) is 0 Å². The van der Waals surface area contributed by atoms with Gasteiger partial charge < -0.3 is 9.47 Å². The van der Waals surface area contributed by atoms with Gasteiger partial charge in [0.05, 0.1) is 20.3 Å². The Morgan fingerprint density at radius 1 is 1.35 bits per heavy atom. The van der Waals surface area contributed by atoms with E-state index in [9.17, 15) is 0 Å². The monoisotopic (exact) mass is 254 g/mol. The summed E-state index contributed by atoms with van der Waals surface area (Å²) >= 11 is 5.93. The van der Waals surface area contributed by atoms with E-state index >= 15 is 0 Å². The number of halogens is 1. The van der Waals surface area contributed by atoms with Crippen LogP contribution in [0, 0.1) is 13.8 Å². The highest BCUT2D eigenvalue weighted by Crippen LogP contribution is 2.43. The standard InChI is InChI=1S/C14H19ClO2/c1-10-6-11(2)13(12(7-10)16-3)14(4-5-15)8-17-9-14/h6-7H,4-5,8-9H2,1-3H3. The molecule has 1 aromatic rings. The highest BCUT2D eigenvalue weighted by Gasteiger charge is 2.42. The van der Waals surface area contributed by atoms with Crippen molar-refractivity contribution in [3.05, 3.63) is 28.8 Å². The number of ether oxygens (including phenoxy) is 2. The smallest absolute Gasteiger partial charge is 0.123 e. The highest BCUT2D eigenvalue weighted by atomic mass is 35.5. The third-order valence-electron chi connectivity index (χ3n) is 3.52. The average Bonchev–Trinajstić information content (AvgIpc) is 2.23. The highest BCUT2D eigenvalue weighted by molar-refractivity contribution is 6.17. The first-order chi connectivity index (χ1) is 8.13.